The Kier molecular flexibility index (Phi) is 7.42. The maximum Gasteiger partial charge on any atom is 0.326 e. The van der Waals surface area contributed by atoms with Crippen molar-refractivity contribution in [2.45, 2.75) is 43.8 Å². The molecule has 2 amide bonds. The molecule has 1 fully saturated rings. The lowest BCUT2D eigenvalue weighted by molar-refractivity contribution is -0.143. The fourth-order valence-corrected chi connectivity index (χ4v) is 2.17. The molecule has 0 unspecified atom stereocenters. The third kappa shape index (κ3) is 6.20. The molecule has 0 aromatic rings. The van der Waals surface area contributed by atoms with Gasteiger partial charge in [-0.15, -0.1) is 0 Å². The molecule has 0 aliphatic carbocycles. The summed E-state index contributed by atoms with van der Waals surface area (Å²) in [6.07, 6.45) is 0.707. The van der Waals surface area contributed by atoms with Crippen LogP contribution in [0.4, 0.5) is 0 Å². The second-order valence-corrected chi connectivity index (χ2v) is 5.22. The van der Waals surface area contributed by atoms with Gasteiger partial charge in [0.15, 0.2) is 0 Å². The minimum atomic E-state index is -1.41. The molecular formula is C13H21N3O7. The summed E-state index contributed by atoms with van der Waals surface area (Å²) >= 11 is 0. The molecule has 0 aromatic heterocycles. The van der Waals surface area contributed by atoms with Crippen LogP contribution in [0.3, 0.4) is 0 Å². The third-order valence-electron chi connectivity index (χ3n) is 3.45. The van der Waals surface area contributed by atoms with Crippen molar-refractivity contribution in [1.82, 2.24) is 16.0 Å². The summed E-state index contributed by atoms with van der Waals surface area (Å²) in [6.45, 7) is -0.0140. The molecule has 10 heteroatoms. The van der Waals surface area contributed by atoms with E-state index < -0.39 is 54.9 Å². The number of aliphatic hydroxyl groups excluding tert-OH is 1. The average molecular weight is 331 g/mol. The van der Waals surface area contributed by atoms with Crippen LogP contribution in [-0.4, -0.2) is 70.3 Å². The molecule has 0 saturated carbocycles. The number of amides is 2. The highest BCUT2D eigenvalue weighted by Gasteiger charge is 2.29. The molecule has 0 spiro atoms. The molecule has 3 atom stereocenters. The summed E-state index contributed by atoms with van der Waals surface area (Å²) in [6, 6.07) is -3.15. The summed E-state index contributed by atoms with van der Waals surface area (Å²) in [5.74, 6) is -3.91. The van der Waals surface area contributed by atoms with E-state index in [0.717, 1.165) is 6.42 Å². The number of nitrogens with one attached hydrogen (secondary N) is 3. The first-order chi connectivity index (χ1) is 10.8. The van der Waals surface area contributed by atoms with Crippen molar-refractivity contribution < 1.29 is 34.5 Å². The number of hydrogen-bond donors (Lipinski definition) is 6. The van der Waals surface area contributed by atoms with Crippen LogP contribution in [0.5, 0.6) is 0 Å². The number of hydrogen-bond acceptors (Lipinski definition) is 6. The van der Waals surface area contributed by atoms with Crippen LogP contribution in [0.1, 0.15) is 25.7 Å². The van der Waals surface area contributed by atoms with Gasteiger partial charge in [-0.25, -0.2) is 4.79 Å². The molecule has 10 nitrogen and oxygen atoms in total. The molecule has 23 heavy (non-hydrogen) atoms. The van der Waals surface area contributed by atoms with Gasteiger partial charge in [0, 0.05) is 6.42 Å². The van der Waals surface area contributed by atoms with Gasteiger partial charge >= 0.3 is 11.9 Å². The van der Waals surface area contributed by atoms with Crippen molar-refractivity contribution in [2.24, 2.45) is 0 Å². The van der Waals surface area contributed by atoms with Gasteiger partial charge in [0.2, 0.25) is 11.8 Å². The predicted molar refractivity (Wildman–Crippen MR) is 76.5 cm³/mol. The molecule has 1 aliphatic heterocycles. The Hall–Kier alpha value is -2.20. The van der Waals surface area contributed by atoms with Crippen molar-refractivity contribution in [1.29, 1.82) is 0 Å². The first-order valence-corrected chi connectivity index (χ1v) is 7.24. The maximum absolute atomic E-state index is 12.0. The summed E-state index contributed by atoms with van der Waals surface area (Å²) in [5, 5.41) is 34.2. The van der Waals surface area contributed by atoms with E-state index in [0.29, 0.717) is 13.0 Å². The van der Waals surface area contributed by atoms with E-state index in [1.807, 2.05) is 0 Å². The van der Waals surface area contributed by atoms with Crippen LogP contribution >= 0.6 is 0 Å². The van der Waals surface area contributed by atoms with Crippen molar-refractivity contribution >= 4 is 23.8 Å². The molecular weight excluding hydrogens is 310 g/mol. The zero-order valence-corrected chi connectivity index (χ0v) is 12.4. The van der Waals surface area contributed by atoms with Gasteiger partial charge in [0.05, 0.1) is 12.6 Å². The van der Waals surface area contributed by atoms with E-state index in [1.165, 1.54) is 0 Å². The van der Waals surface area contributed by atoms with Gasteiger partial charge in [-0.05, 0) is 25.8 Å². The largest absolute Gasteiger partial charge is 0.481 e. The zero-order chi connectivity index (χ0) is 17.4. The topological polar surface area (TPSA) is 165 Å². The van der Waals surface area contributed by atoms with Gasteiger partial charge in [0.25, 0.3) is 0 Å². The van der Waals surface area contributed by atoms with Gasteiger partial charge in [-0.2, -0.15) is 0 Å². The molecule has 0 aromatic carbocycles. The van der Waals surface area contributed by atoms with Crippen molar-refractivity contribution in [3.05, 3.63) is 0 Å². The van der Waals surface area contributed by atoms with E-state index in [2.05, 4.69) is 16.0 Å². The van der Waals surface area contributed by atoms with Crippen molar-refractivity contribution in [3.63, 3.8) is 0 Å². The lowest BCUT2D eigenvalue weighted by Crippen LogP contribution is -2.55. The van der Waals surface area contributed by atoms with E-state index in [9.17, 15) is 24.3 Å². The number of aliphatic hydroxyl groups is 1. The maximum atomic E-state index is 12.0. The fraction of sp³-hybridized carbons (Fsp3) is 0.692. The minimum absolute atomic E-state index is 0.299. The normalized spacial score (nSPS) is 19.6. The number of carboxylic acid groups (broad SMARTS) is 2. The van der Waals surface area contributed by atoms with Crippen LogP contribution in [-0.2, 0) is 19.2 Å². The van der Waals surface area contributed by atoms with E-state index in [-0.39, 0.29) is 6.42 Å². The monoisotopic (exact) mass is 331 g/mol. The summed E-state index contributed by atoms with van der Waals surface area (Å²) in [5.41, 5.74) is 0. The van der Waals surface area contributed by atoms with Gasteiger partial charge in [0.1, 0.15) is 12.1 Å². The van der Waals surface area contributed by atoms with Crippen LogP contribution in [0, 0.1) is 0 Å². The van der Waals surface area contributed by atoms with Crippen LogP contribution < -0.4 is 16.0 Å². The summed E-state index contributed by atoms with van der Waals surface area (Å²) < 4.78 is 0. The van der Waals surface area contributed by atoms with E-state index in [1.54, 1.807) is 0 Å². The standard InChI is InChI=1S/C13H21N3O7/c17-6-9(16-11(20)7-2-1-5-14-7)12(21)15-8(13(22)23)3-4-10(18)19/h7-9,14,17H,1-6H2,(H,15,21)(H,16,20)(H,18,19)(H,22,23)/t7-,8-,9-/m0/s1. The SMILES string of the molecule is O=C(O)CC[C@H](NC(=O)[C@H](CO)NC(=O)[C@@H]1CCCN1)C(=O)O. The lowest BCUT2D eigenvalue weighted by atomic mass is 10.1. The summed E-state index contributed by atoms with van der Waals surface area (Å²) in [4.78, 5) is 45.4. The Morgan fingerprint density at radius 1 is 1.13 bits per heavy atom. The average Bonchev–Trinajstić information content (AvgIpc) is 3.02. The molecule has 0 radical (unpaired) electrons. The van der Waals surface area contributed by atoms with Crippen LogP contribution in [0.15, 0.2) is 0 Å². The van der Waals surface area contributed by atoms with Crippen molar-refractivity contribution in [3.8, 4) is 0 Å². The Morgan fingerprint density at radius 2 is 1.83 bits per heavy atom. The predicted octanol–water partition coefficient (Wildman–Crippen LogP) is -2.35. The van der Waals surface area contributed by atoms with Gasteiger partial charge in [-0.3, -0.25) is 14.4 Å². The molecule has 6 N–H and O–H groups in total. The number of aliphatic carboxylic acids is 2. The Labute approximate surface area is 132 Å². The fourth-order valence-electron chi connectivity index (χ4n) is 2.17. The number of carbonyl (C=O) groups is 4. The number of carboxylic acids is 2. The number of rotatable bonds is 9. The molecule has 0 bridgehead atoms. The van der Waals surface area contributed by atoms with E-state index in [4.69, 9.17) is 10.2 Å². The lowest BCUT2D eigenvalue weighted by Gasteiger charge is -2.21. The molecule has 1 rings (SSSR count). The van der Waals surface area contributed by atoms with Gasteiger partial charge < -0.3 is 31.3 Å². The van der Waals surface area contributed by atoms with Gasteiger partial charge in [-0.1, -0.05) is 0 Å². The first kappa shape index (κ1) is 18.8. The molecule has 1 heterocycles. The second kappa shape index (κ2) is 9.06. The highest BCUT2D eigenvalue weighted by molar-refractivity contribution is 5.92. The Morgan fingerprint density at radius 3 is 2.30 bits per heavy atom. The summed E-state index contributed by atoms with van der Waals surface area (Å²) in [7, 11) is 0. The number of carbonyl (C=O) groups excluding carboxylic acids is 2. The molecule has 1 aliphatic rings. The van der Waals surface area contributed by atoms with Crippen molar-refractivity contribution in [2.75, 3.05) is 13.2 Å². The molecule has 130 valence electrons. The second-order valence-electron chi connectivity index (χ2n) is 5.22. The van der Waals surface area contributed by atoms with Crippen LogP contribution in [0.25, 0.3) is 0 Å². The smallest absolute Gasteiger partial charge is 0.326 e. The molecule has 1 saturated heterocycles. The Balaban J connectivity index is 2.57. The quantitative estimate of drug-likeness (QED) is 0.273. The van der Waals surface area contributed by atoms with E-state index >= 15 is 0 Å². The third-order valence-corrected chi connectivity index (χ3v) is 3.45. The highest BCUT2D eigenvalue weighted by Crippen LogP contribution is 2.05. The van der Waals surface area contributed by atoms with Crippen LogP contribution in [0.2, 0.25) is 0 Å². The zero-order valence-electron chi connectivity index (χ0n) is 12.4. The highest BCUT2D eigenvalue weighted by atomic mass is 16.4. The minimum Gasteiger partial charge on any atom is -0.481 e. The Bertz CT molecular complexity index is 462. The first-order valence-electron chi connectivity index (χ1n) is 7.24.